The number of nitrogens with two attached hydrogens (primary N) is 1. The lowest BCUT2D eigenvalue weighted by molar-refractivity contribution is -0.111. The van der Waals surface area contributed by atoms with Crippen molar-refractivity contribution in [1.82, 2.24) is 0 Å². The molecular formula is C7H15F2N. The zero-order valence-corrected chi connectivity index (χ0v) is 6.91. The quantitative estimate of drug-likeness (QED) is 0.609. The van der Waals surface area contributed by atoms with Crippen LogP contribution in [0.3, 0.4) is 0 Å². The van der Waals surface area contributed by atoms with Gasteiger partial charge in [-0.2, -0.15) is 0 Å². The largest absolute Gasteiger partial charge is 0.323 e. The molecule has 0 aromatic rings. The molecule has 0 fully saturated rings. The summed E-state index contributed by atoms with van der Waals surface area (Å²) in [6.07, 6.45) is 0. The normalized spacial score (nSPS) is 17.1. The van der Waals surface area contributed by atoms with Gasteiger partial charge in [-0.1, -0.05) is 20.8 Å². The van der Waals surface area contributed by atoms with Crippen molar-refractivity contribution >= 4 is 0 Å². The number of hydrogen-bond donors (Lipinski definition) is 1. The van der Waals surface area contributed by atoms with E-state index in [2.05, 4.69) is 0 Å². The molecule has 1 atom stereocenters. The summed E-state index contributed by atoms with van der Waals surface area (Å²) < 4.78 is 25.9. The number of alkyl halides is 2. The topological polar surface area (TPSA) is 26.0 Å². The highest BCUT2D eigenvalue weighted by molar-refractivity contribution is 4.87. The molecule has 0 bridgehead atoms. The lowest BCUT2D eigenvalue weighted by Gasteiger charge is -2.33. The van der Waals surface area contributed by atoms with Crippen LogP contribution in [-0.2, 0) is 0 Å². The van der Waals surface area contributed by atoms with Crippen molar-refractivity contribution in [3.8, 4) is 0 Å². The van der Waals surface area contributed by atoms with Crippen LogP contribution in [0.4, 0.5) is 8.78 Å². The van der Waals surface area contributed by atoms with Gasteiger partial charge in [-0.15, -0.1) is 0 Å². The Kier molecular flexibility index (Phi) is 2.41. The molecule has 0 spiro atoms. The van der Waals surface area contributed by atoms with Crippen molar-refractivity contribution in [2.24, 2.45) is 11.1 Å². The molecule has 0 aliphatic rings. The summed E-state index contributed by atoms with van der Waals surface area (Å²) in [4.78, 5) is 0. The lowest BCUT2D eigenvalue weighted by atomic mass is 9.84. The first kappa shape index (κ1) is 9.82. The second-order valence-corrected chi connectivity index (χ2v) is 3.66. The zero-order valence-electron chi connectivity index (χ0n) is 6.91. The highest BCUT2D eigenvalue weighted by atomic mass is 19.3. The van der Waals surface area contributed by atoms with Crippen LogP contribution in [0.2, 0.25) is 0 Å². The van der Waals surface area contributed by atoms with Crippen LogP contribution < -0.4 is 5.73 Å². The van der Waals surface area contributed by atoms with Gasteiger partial charge in [-0.25, -0.2) is 8.78 Å². The van der Waals surface area contributed by atoms with E-state index in [0.29, 0.717) is 0 Å². The van der Waals surface area contributed by atoms with Crippen molar-refractivity contribution in [2.45, 2.75) is 39.7 Å². The van der Waals surface area contributed by atoms with Gasteiger partial charge in [-0.05, 0) is 6.92 Å². The van der Waals surface area contributed by atoms with E-state index in [-0.39, 0.29) is 0 Å². The van der Waals surface area contributed by atoms with Gasteiger partial charge in [0.1, 0.15) is 0 Å². The Morgan fingerprint density at radius 2 is 1.50 bits per heavy atom. The van der Waals surface area contributed by atoms with E-state index in [1.54, 1.807) is 0 Å². The standard InChI is InChI=1S/C7H15F2N/c1-5(10)7(8,9)6(2,3)4/h5H,10H2,1-4H3. The summed E-state index contributed by atoms with van der Waals surface area (Å²) in [5.74, 6) is -2.78. The second-order valence-electron chi connectivity index (χ2n) is 3.66. The highest BCUT2D eigenvalue weighted by Crippen LogP contribution is 2.37. The Labute approximate surface area is 60.6 Å². The molecule has 0 amide bonds. The van der Waals surface area contributed by atoms with Crippen LogP contribution in [0, 0.1) is 5.41 Å². The minimum atomic E-state index is -2.78. The molecule has 62 valence electrons. The summed E-state index contributed by atoms with van der Waals surface area (Å²) in [7, 11) is 0. The van der Waals surface area contributed by atoms with Crippen molar-refractivity contribution in [1.29, 1.82) is 0 Å². The molecule has 0 heterocycles. The average Bonchev–Trinajstić information content (AvgIpc) is 1.62. The Hall–Kier alpha value is -0.180. The maximum atomic E-state index is 12.9. The molecule has 1 nitrogen and oxygen atoms in total. The van der Waals surface area contributed by atoms with Crippen LogP contribution >= 0.6 is 0 Å². The summed E-state index contributed by atoms with van der Waals surface area (Å²) in [5, 5.41) is 0. The summed E-state index contributed by atoms with van der Waals surface area (Å²) in [6.45, 7) is 5.77. The predicted molar refractivity (Wildman–Crippen MR) is 38.1 cm³/mol. The van der Waals surface area contributed by atoms with Gasteiger partial charge >= 0.3 is 0 Å². The Morgan fingerprint density at radius 1 is 1.20 bits per heavy atom. The van der Waals surface area contributed by atoms with Crippen molar-refractivity contribution in [3.63, 3.8) is 0 Å². The molecular weight excluding hydrogens is 136 g/mol. The third-order valence-corrected chi connectivity index (χ3v) is 1.57. The van der Waals surface area contributed by atoms with Crippen LogP contribution in [0.1, 0.15) is 27.7 Å². The highest BCUT2D eigenvalue weighted by Gasteiger charge is 2.46. The van der Waals surface area contributed by atoms with Gasteiger partial charge in [0.25, 0.3) is 5.92 Å². The summed E-state index contributed by atoms with van der Waals surface area (Å²) in [6, 6.07) is -1.08. The van der Waals surface area contributed by atoms with Crippen LogP contribution in [0.5, 0.6) is 0 Å². The van der Waals surface area contributed by atoms with Gasteiger partial charge in [0.15, 0.2) is 0 Å². The molecule has 0 saturated heterocycles. The fourth-order valence-corrected chi connectivity index (χ4v) is 0.683. The van der Waals surface area contributed by atoms with Gasteiger partial charge < -0.3 is 5.73 Å². The smallest absolute Gasteiger partial charge is 0.267 e. The molecule has 3 heteroatoms. The van der Waals surface area contributed by atoms with E-state index in [1.807, 2.05) is 0 Å². The summed E-state index contributed by atoms with van der Waals surface area (Å²) in [5.41, 5.74) is 4.07. The fourth-order valence-electron chi connectivity index (χ4n) is 0.683. The van der Waals surface area contributed by atoms with E-state index >= 15 is 0 Å². The molecule has 0 rings (SSSR count). The van der Waals surface area contributed by atoms with Gasteiger partial charge in [0.2, 0.25) is 0 Å². The van der Waals surface area contributed by atoms with E-state index in [9.17, 15) is 8.78 Å². The maximum absolute atomic E-state index is 12.9. The lowest BCUT2D eigenvalue weighted by Crippen LogP contribution is -2.48. The monoisotopic (exact) mass is 151 g/mol. The SMILES string of the molecule is CC(N)C(F)(F)C(C)(C)C. The molecule has 0 aliphatic carbocycles. The first-order valence-electron chi connectivity index (χ1n) is 3.33. The number of rotatable bonds is 1. The van der Waals surface area contributed by atoms with E-state index < -0.39 is 17.4 Å². The number of halogens is 2. The molecule has 2 N–H and O–H groups in total. The van der Waals surface area contributed by atoms with Crippen molar-refractivity contribution in [3.05, 3.63) is 0 Å². The Balaban J connectivity index is 4.40. The average molecular weight is 151 g/mol. The van der Waals surface area contributed by atoms with E-state index in [1.165, 1.54) is 27.7 Å². The molecule has 0 aromatic heterocycles. The minimum Gasteiger partial charge on any atom is -0.323 e. The Bertz CT molecular complexity index is 113. The third kappa shape index (κ3) is 1.66. The molecule has 0 aromatic carbocycles. The molecule has 10 heavy (non-hydrogen) atoms. The predicted octanol–water partition coefficient (Wildman–Crippen LogP) is 2.02. The van der Waals surface area contributed by atoms with E-state index in [0.717, 1.165) is 0 Å². The van der Waals surface area contributed by atoms with Gasteiger partial charge in [0, 0.05) is 5.41 Å². The molecule has 1 unspecified atom stereocenters. The van der Waals surface area contributed by atoms with Crippen LogP contribution in [0.15, 0.2) is 0 Å². The van der Waals surface area contributed by atoms with Crippen LogP contribution in [0.25, 0.3) is 0 Å². The summed E-state index contributed by atoms with van der Waals surface area (Å²) >= 11 is 0. The van der Waals surface area contributed by atoms with Crippen LogP contribution in [-0.4, -0.2) is 12.0 Å². The van der Waals surface area contributed by atoms with Gasteiger partial charge in [-0.3, -0.25) is 0 Å². The third-order valence-electron chi connectivity index (χ3n) is 1.57. The first-order chi connectivity index (χ1) is 4.19. The zero-order chi connectivity index (χ0) is 8.58. The molecule has 0 saturated carbocycles. The second kappa shape index (κ2) is 2.46. The first-order valence-corrected chi connectivity index (χ1v) is 3.33. The minimum absolute atomic E-state index is 1.04. The molecule has 0 radical (unpaired) electrons. The Morgan fingerprint density at radius 3 is 1.50 bits per heavy atom. The molecule has 0 aliphatic heterocycles. The van der Waals surface area contributed by atoms with Gasteiger partial charge in [0.05, 0.1) is 6.04 Å². The number of hydrogen-bond acceptors (Lipinski definition) is 1. The fraction of sp³-hybridized carbons (Fsp3) is 1.00. The van der Waals surface area contributed by atoms with Crippen molar-refractivity contribution in [2.75, 3.05) is 0 Å². The van der Waals surface area contributed by atoms with Crippen molar-refractivity contribution < 1.29 is 8.78 Å². The maximum Gasteiger partial charge on any atom is 0.267 e. The van der Waals surface area contributed by atoms with E-state index in [4.69, 9.17) is 5.73 Å².